The number of hydrogen-bond acceptors (Lipinski definition) is 4. The maximum Gasteiger partial charge on any atom is 0.235 e. The molecule has 0 heterocycles. The van der Waals surface area contributed by atoms with Crippen LogP contribution in [0.15, 0.2) is 24.3 Å². The number of nitrogens with one attached hydrogen (secondary N) is 1. The monoisotopic (exact) mass is 361 g/mol. The zero-order chi connectivity index (χ0) is 17.5. The molecule has 0 atom stereocenters. The Kier molecular flexibility index (Phi) is 7.98. The lowest BCUT2D eigenvalue weighted by molar-refractivity contribution is -0.121. The van der Waals surface area contributed by atoms with Crippen molar-refractivity contribution in [2.75, 3.05) is 46.5 Å². The van der Waals surface area contributed by atoms with Crippen molar-refractivity contribution in [1.82, 2.24) is 14.5 Å². The van der Waals surface area contributed by atoms with Gasteiger partial charge in [-0.1, -0.05) is 23.7 Å². The van der Waals surface area contributed by atoms with Gasteiger partial charge in [0.25, 0.3) is 0 Å². The molecule has 1 amide bonds. The quantitative estimate of drug-likeness (QED) is 0.707. The average molecular weight is 362 g/mol. The molecule has 1 aromatic carbocycles. The van der Waals surface area contributed by atoms with Crippen LogP contribution in [0.25, 0.3) is 0 Å². The van der Waals surface area contributed by atoms with E-state index >= 15 is 0 Å². The third-order valence-electron chi connectivity index (χ3n) is 3.23. The molecule has 0 aromatic heterocycles. The van der Waals surface area contributed by atoms with Crippen molar-refractivity contribution in [2.45, 2.75) is 6.42 Å². The molecule has 130 valence electrons. The van der Waals surface area contributed by atoms with Crippen LogP contribution >= 0.6 is 11.6 Å². The SMILES string of the molecule is CN(C)CCNC(=O)CN(CCc1ccc(Cl)cc1)S(C)(=O)=O. The van der Waals surface area contributed by atoms with Gasteiger partial charge in [-0.25, -0.2) is 8.42 Å². The van der Waals surface area contributed by atoms with Gasteiger partial charge in [0, 0.05) is 24.7 Å². The van der Waals surface area contributed by atoms with Crippen LogP contribution in [0.3, 0.4) is 0 Å². The van der Waals surface area contributed by atoms with Gasteiger partial charge in [-0.15, -0.1) is 0 Å². The Balaban J connectivity index is 2.56. The van der Waals surface area contributed by atoms with Crippen molar-refractivity contribution in [2.24, 2.45) is 0 Å². The number of halogens is 1. The first-order valence-electron chi connectivity index (χ1n) is 7.29. The minimum Gasteiger partial charge on any atom is -0.354 e. The Hall–Kier alpha value is -1.15. The van der Waals surface area contributed by atoms with Crippen LogP contribution in [0.2, 0.25) is 5.02 Å². The summed E-state index contributed by atoms with van der Waals surface area (Å²) in [5, 5.41) is 3.35. The number of benzene rings is 1. The van der Waals surface area contributed by atoms with E-state index in [9.17, 15) is 13.2 Å². The molecule has 1 aromatic rings. The summed E-state index contributed by atoms with van der Waals surface area (Å²) in [7, 11) is 0.364. The van der Waals surface area contributed by atoms with Crippen molar-refractivity contribution in [3.8, 4) is 0 Å². The number of rotatable bonds is 9. The second-order valence-corrected chi connectivity index (χ2v) is 8.05. The van der Waals surface area contributed by atoms with E-state index in [1.165, 1.54) is 4.31 Å². The van der Waals surface area contributed by atoms with E-state index in [0.29, 0.717) is 24.5 Å². The first kappa shape index (κ1) is 19.9. The predicted molar refractivity (Wildman–Crippen MR) is 93.1 cm³/mol. The molecule has 0 saturated carbocycles. The standard InChI is InChI=1S/C15H24ClN3O3S/c1-18(2)11-9-17-15(20)12-19(23(3,21)22)10-8-13-4-6-14(16)7-5-13/h4-7H,8-12H2,1-3H3,(H,17,20). The molecule has 0 radical (unpaired) electrons. The fourth-order valence-electron chi connectivity index (χ4n) is 1.90. The Labute approximate surface area is 143 Å². The molecule has 6 nitrogen and oxygen atoms in total. The molecule has 1 rings (SSSR count). The molecule has 0 bridgehead atoms. The van der Waals surface area contributed by atoms with E-state index in [-0.39, 0.29) is 19.0 Å². The Morgan fingerprint density at radius 3 is 2.30 bits per heavy atom. The normalized spacial score (nSPS) is 11.9. The summed E-state index contributed by atoms with van der Waals surface area (Å²) < 4.78 is 24.9. The molecular formula is C15H24ClN3O3S. The lowest BCUT2D eigenvalue weighted by atomic mass is 10.1. The number of hydrogen-bond donors (Lipinski definition) is 1. The van der Waals surface area contributed by atoms with E-state index in [4.69, 9.17) is 11.6 Å². The van der Waals surface area contributed by atoms with E-state index in [1.54, 1.807) is 12.1 Å². The first-order valence-corrected chi connectivity index (χ1v) is 9.52. The van der Waals surface area contributed by atoms with Crippen LogP contribution in [-0.4, -0.2) is 70.1 Å². The minimum atomic E-state index is -3.44. The average Bonchev–Trinajstić information content (AvgIpc) is 2.43. The largest absolute Gasteiger partial charge is 0.354 e. The van der Waals surface area contributed by atoms with Crippen molar-refractivity contribution in [1.29, 1.82) is 0 Å². The maximum atomic E-state index is 11.9. The van der Waals surface area contributed by atoms with Gasteiger partial charge in [0.15, 0.2) is 0 Å². The van der Waals surface area contributed by atoms with Crippen LogP contribution in [0.1, 0.15) is 5.56 Å². The Bertz CT molecular complexity index is 603. The Morgan fingerprint density at radius 1 is 1.17 bits per heavy atom. The molecule has 0 aliphatic rings. The number of carbonyl (C=O) groups is 1. The molecule has 8 heteroatoms. The lowest BCUT2D eigenvalue weighted by Crippen LogP contribution is -2.42. The van der Waals surface area contributed by atoms with Gasteiger partial charge in [-0.05, 0) is 38.2 Å². The van der Waals surface area contributed by atoms with Crippen LogP contribution in [0, 0.1) is 0 Å². The first-order chi connectivity index (χ1) is 10.7. The van der Waals surface area contributed by atoms with Gasteiger partial charge < -0.3 is 10.2 Å². The summed E-state index contributed by atoms with van der Waals surface area (Å²) in [5.74, 6) is -0.298. The van der Waals surface area contributed by atoms with Crippen LogP contribution in [-0.2, 0) is 21.2 Å². The van der Waals surface area contributed by atoms with Crippen LogP contribution in [0.4, 0.5) is 0 Å². The number of carbonyl (C=O) groups excluding carboxylic acids is 1. The van der Waals surface area contributed by atoms with Gasteiger partial charge in [-0.3, -0.25) is 4.79 Å². The number of likely N-dealkylation sites (N-methyl/N-ethyl adjacent to an activating group) is 1. The second-order valence-electron chi connectivity index (χ2n) is 5.63. The molecule has 23 heavy (non-hydrogen) atoms. The zero-order valence-electron chi connectivity index (χ0n) is 13.8. The molecule has 0 aliphatic heterocycles. The summed E-state index contributed by atoms with van der Waals surface area (Å²) in [5.41, 5.74) is 0.969. The molecule has 0 aliphatic carbocycles. The van der Waals surface area contributed by atoms with Gasteiger partial charge in [0.1, 0.15) is 0 Å². The van der Waals surface area contributed by atoms with Crippen LogP contribution in [0.5, 0.6) is 0 Å². The Morgan fingerprint density at radius 2 is 1.78 bits per heavy atom. The molecule has 0 unspecified atom stereocenters. The van der Waals surface area contributed by atoms with E-state index in [0.717, 1.165) is 11.8 Å². The molecule has 0 fully saturated rings. The third-order valence-corrected chi connectivity index (χ3v) is 4.73. The topological polar surface area (TPSA) is 69.7 Å². The minimum absolute atomic E-state index is 0.167. The van der Waals surface area contributed by atoms with Gasteiger partial charge in [0.2, 0.25) is 15.9 Å². The number of amides is 1. The highest BCUT2D eigenvalue weighted by atomic mass is 35.5. The summed E-state index contributed by atoms with van der Waals surface area (Å²) in [4.78, 5) is 13.8. The highest BCUT2D eigenvalue weighted by Gasteiger charge is 2.19. The molecular weight excluding hydrogens is 338 g/mol. The van der Waals surface area contributed by atoms with Gasteiger partial charge in [-0.2, -0.15) is 4.31 Å². The van der Waals surface area contributed by atoms with Crippen molar-refractivity contribution in [3.63, 3.8) is 0 Å². The molecule has 1 N–H and O–H groups in total. The molecule has 0 spiro atoms. The number of nitrogens with zero attached hydrogens (tertiary/aromatic N) is 2. The van der Waals surface area contributed by atoms with E-state index in [2.05, 4.69) is 5.32 Å². The summed E-state index contributed by atoms with van der Waals surface area (Å²) >= 11 is 5.82. The van der Waals surface area contributed by atoms with Gasteiger partial charge in [0.05, 0.1) is 12.8 Å². The van der Waals surface area contributed by atoms with E-state index in [1.807, 2.05) is 31.1 Å². The van der Waals surface area contributed by atoms with Crippen molar-refractivity contribution < 1.29 is 13.2 Å². The summed E-state index contributed by atoms with van der Waals surface area (Å²) in [6, 6.07) is 7.21. The fraction of sp³-hybridized carbons (Fsp3) is 0.533. The number of sulfonamides is 1. The smallest absolute Gasteiger partial charge is 0.235 e. The lowest BCUT2D eigenvalue weighted by Gasteiger charge is -2.20. The highest BCUT2D eigenvalue weighted by Crippen LogP contribution is 2.11. The van der Waals surface area contributed by atoms with Gasteiger partial charge >= 0.3 is 0 Å². The highest BCUT2D eigenvalue weighted by molar-refractivity contribution is 7.88. The summed E-state index contributed by atoms with van der Waals surface area (Å²) in [6.07, 6.45) is 1.64. The van der Waals surface area contributed by atoms with Crippen molar-refractivity contribution in [3.05, 3.63) is 34.9 Å². The second kappa shape index (κ2) is 9.22. The van der Waals surface area contributed by atoms with E-state index < -0.39 is 10.0 Å². The fourth-order valence-corrected chi connectivity index (χ4v) is 2.80. The third kappa shape index (κ3) is 8.31. The summed E-state index contributed by atoms with van der Waals surface area (Å²) in [6.45, 7) is 1.28. The van der Waals surface area contributed by atoms with Crippen LogP contribution < -0.4 is 5.32 Å². The molecule has 0 saturated heterocycles. The maximum absolute atomic E-state index is 11.9. The predicted octanol–water partition coefficient (Wildman–Crippen LogP) is 0.822. The zero-order valence-corrected chi connectivity index (χ0v) is 15.3. The van der Waals surface area contributed by atoms with Crippen molar-refractivity contribution >= 4 is 27.5 Å².